The summed E-state index contributed by atoms with van der Waals surface area (Å²) in [6.45, 7) is 5.43. The minimum atomic E-state index is 0. The van der Waals surface area contributed by atoms with E-state index in [0.29, 0.717) is 0 Å². The maximum Gasteiger partial charge on any atom is 0.119 e. The fourth-order valence-corrected chi connectivity index (χ4v) is 2.92. The molecule has 2 nitrogen and oxygen atoms in total. The number of thioether (sulfide) groups is 1. The highest BCUT2D eigenvalue weighted by molar-refractivity contribution is 7.99. The van der Waals surface area contributed by atoms with E-state index in [2.05, 4.69) is 24.0 Å². The molecule has 0 N–H and O–H groups in total. The molecule has 0 bridgehead atoms. The molecule has 1 heterocycles. The lowest BCUT2D eigenvalue weighted by molar-refractivity contribution is 0.284. The number of halogens is 1. The van der Waals surface area contributed by atoms with Crippen LogP contribution in [0.1, 0.15) is 18.4 Å². The summed E-state index contributed by atoms with van der Waals surface area (Å²) < 4.78 is 5.70. The Hall–Kier alpha value is -0.380. The largest absolute Gasteiger partial charge is 0.494 e. The van der Waals surface area contributed by atoms with Gasteiger partial charge in [0.05, 0.1) is 6.61 Å². The van der Waals surface area contributed by atoms with E-state index in [0.717, 1.165) is 18.8 Å². The van der Waals surface area contributed by atoms with Gasteiger partial charge in [0.1, 0.15) is 5.75 Å². The lowest BCUT2D eigenvalue weighted by Crippen LogP contribution is -2.21. The van der Waals surface area contributed by atoms with Crippen molar-refractivity contribution in [3.05, 3.63) is 29.8 Å². The molecule has 0 unspecified atom stereocenters. The summed E-state index contributed by atoms with van der Waals surface area (Å²) in [5.74, 6) is 3.52. The van der Waals surface area contributed by atoms with E-state index < -0.39 is 0 Å². The molecule has 0 aromatic heterocycles. The van der Waals surface area contributed by atoms with Crippen molar-refractivity contribution in [2.75, 3.05) is 31.3 Å². The molecule has 0 aliphatic carbocycles. The molecule has 4 heteroatoms. The second kappa shape index (κ2) is 8.68. The van der Waals surface area contributed by atoms with Gasteiger partial charge in [-0.15, -0.1) is 24.2 Å². The van der Waals surface area contributed by atoms with Gasteiger partial charge >= 0.3 is 0 Å². The molecule has 1 saturated heterocycles. The van der Waals surface area contributed by atoms with Crippen molar-refractivity contribution < 1.29 is 4.74 Å². The Morgan fingerprint density at radius 1 is 1.22 bits per heavy atom. The smallest absolute Gasteiger partial charge is 0.119 e. The molecule has 0 amide bonds. The molecule has 18 heavy (non-hydrogen) atoms. The zero-order chi connectivity index (χ0) is 11.9. The van der Waals surface area contributed by atoms with Gasteiger partial charge in [0.25, 0.3) is 0 Å². The zero-order valence-electron chi connectivity index (χ0n) is 10.9. The predicted octanol–water partition coefficient (Wildman–Crippen LogP) is 3.58. The lowest BCUT2D eigenvalue weighted by atomic mass is 10.2. The Kier molecular flexibility index (Phi) is 7.56. The topological polar surface area (TPSA) is 12.5 Å². The second-order valence-electron chi connectivity index (χ2n) is 4.52. The van der Waals surface area contributed by atoms with E-state index in [9.17, 15) is 0 Å². The summed E-state index contributed by atoms with van der Waals surface area (Å²) in [6.07, 6.45) is 2.39. The van der Waals surface area contributed by atoms with Gasteiger partial charge in [-0.05, 0) is 38.4 Å². The van der Waals surface area contributed by atoms with Gasteiger partial charge in [-0.1, -0.05) is 17.7 Å². The first kappa shape index (κ1) is 15.7. The SMILES string of the molecule is Cc1ccc(OCCCCN2CCSC2)cc1.Cl. The van der Waals surface area contributed by atoms with Crippen LogP contribution in [0, 0.1) is 6.92 Å². The van der Waals surface area contributed by atoms with Crippen LogP contribution in [0.3, 0.4) is 0 Å². The molecule has 1 aliphatic heterocycles. The van der Waals surface area contributed by atoms with E-state index in [1.807, 2.05) is 23.9 Å². The van der Waals surface area contributed by atoms with Crippen LogP contribution >= 0.6 is 24.2 Å². The van der Waals surface area contributed by atoms with Crippen LogP contribution in [0.4, 0.5) is 0 Å². The summed E-state index contributed by atoms with van der Waals surface area (Å²) in [5.41, 5.74) is 1.28. The van der Waals surface area contributed by atoms with Crippen LogP contribution in [-0.2, 0) is 0 Å². The second-order valence-corrected chi connectivity index (χ2v) is 5.60. The fraction of sp³-hybridized carbons (Fsp3) is 0.571. The van der Waals surface area contributed by atoms with E-state index >= 15 is 0 Å². The van der Waals surface area contributed by atoms with Crippen molar-refractivity contribution in [3.63, 3.8) is 0 Å². The van der Waals surface area contributed by atoms with Crippen LogP contribution in [0.15, 0.2) is 24.3 Å². The quantitative estimate of drug-likeness (QED) is 0.742. The third kappa shape index (κ3) is 5.51. The van der Waals surface area contributed by atoms with Crippen molar-refractivity contribution in [3.8, 4) is 5.75 Å². The van der Waals surface area contributed by atoms with Crippen LogP contribution in [0.25, 0.3) is 0 Å². The highest BCUT2D eigenvalue weighted by atomic mass is 35.5. The van der Waals surface area contributed by atoms with Gasteiger partial charge < -0.3 is 4.74 Å². The number of aryl methyl sites for hydroxylation is 1. The average molecular weight is 288 g/mol. The van der Waals surface area contributed by atoms with Crippen molar-refractivity contribution in [1.29, 1.82) is 0 Å². The van der Waals surface area contributed by atoms with E-state index in [-0.39, 0.29) is 12.4 Å². The van der Waals surface area contributed by atoms with Crippen molar-refractivity contribution >= 4 is 24.2 Å². The molecule has 2 rings (SSSR count). The van der Waals surface area contributed by atoms with Gasteiger partial charge in [-0.3, -0.25) is 4.90 Å². The van der Waals surface area contributed by atoms with Crippen LogP contribution in [0.5, 0.6) is 5.75 Å². The number of unbranched alkanes of at least 4 members (excludes halogenated alkanes) is 1. The summed E-state index contributed by atoms with van der Waals surface area (Å²) in [7, 11) is 0. The third-order valence-corrected chi connectivity index (χ3v) is 4.00. The number of hydrogen-bond acceptors (Lipinski definition) is 3. The van der Waals surface area contributed by atoms with E-state index in [1.165, 1.54) is 36.7 Å². The Balaban J connectivity index is 0.00000162. The zero-order valence-corrected chi connectivity index (χ0v) is 12.6. The Morgan fingerprint density at radius 3 is 2.67 bits per heavy atom. The lowest BCUT2D eigenvalue weighted by Gasteiger charge is -2.13. The molecule has 1 aromatic rings. The maximum atomic E-state index is 5.70. The van der Waals surface area contributed by atoms with Crippen LogP contribution in [-0.4, -0.2) is 36.2 Å². The molecule has 0 spiro atoms. The standard InChI is InChI=1S/C14H21NOS.ClH/c1-13-4-6-14(7-5-13)16-10-3-2-8-15-9-11-17-12-15;/h4-7H,2-3,8-12H2,1H3;1H. The van der Waals surface area contributed by atoms with Gasteiger partial charge in [-0.25, -0.2) is 0 Å². The maximum absolute atomic E-state index is 5.70. The summed E-state index contributed by atoms with van der Waals surface area (Å²) in [4.78, 5) is 2.52. The summed E-state index contributed by atoms with van der Waals surface area (Å²) in [5, 5.41) is 0. The number of nitrogens with zero attached hydrogens (tertiary/aromatic N) is 1. The molecule has 0 atom stereocenters. The Labute approximate surface area is 120 Å². The summed E-state index contributed by atoms with van der Waals surface area (Å²) >= 11 is 2.04. The monoisotopic (exact) mass is 287 g/mol. The molecule has 0 saturated carbocycles. The average Bonchev–Trinajstić information content (AvgIpc) is 2.84. The number of rotatable bonds is 6. The third-order valence-electron chi connectivity index (χ3n) is 2.98. The minimum absolute atomic E-state index is 0. The number of benzene rings is 1. The van der Waals surface area contributed by atoms with Crippen LogP contribution in [0.2, 0.25) is 0 Å². The van der Waals surface area contributed by atoms with Crippen LogP contribution < -0.4 is 4.74 Å². The first-order valence-electron chi connectivity index (χ1n) is 6.34. The number of hydrogen-bond donors (Lipinski definition) is 0. The highest BCUT2D eigenvalue weighted by Gasteiger charge is 2.10. The Morgan fingerprint density at radius 2 is 2.00 bits per heavy atom. The molecular weight excluding hydrogens is 266 g/mol. The minimum Gasteiger partial charge on any atom is -0.494 e. The normalized spacial score (nSPS) is 15.4. The van der Waals surface area contributed by atoms with Gasteiger partial charge in [0, 0.05) is 18.2 Å². The fourth-order valence-electron chi connectivity index (χ4n) is 1.89. The summed E-state index contributed by atoms with van der Waals surface area (Å²) in [6, 6.07) is 8.28. The van der Waals surface area contributed by atoms with Gasteiger partial charge in [0.2, 0.25) is 0 Å². The predicted molar refractivity (Wildman–Crippen MR) is 82.1 cm³/mol. The van der Waals surface area contributed by atoms with Gasteiger partial charge in [-0.2, -0.15) is 0 Å². The highest BCUT2D eigenvalue weighted by Crippen LogP contribution is 2.14. The van der Waals surface area contributed by atoms with E-state index in [1.54, 1.807) is 0 Å². The number of ether oxygens (including phenoxy) is 1. The molecule has 1 aromatic carbocycles. The molecular formula is C14H22ClNOS. The Bertz CT molecular complexity index is 325. The molecule has 1 aliphatic rings. The first-order chi connectivity index (χ1) is 8.34. The van der Waals surface area contributed by atoms with Crippen molar-refractivity contribution in [2.24, 2.45) is 0 Å². The van der Waals surface area contributed by atoms with Crippen molar-refractivity contribution in [2.45, 2.75) is 19.8 Å². The van der Waals surface area contributed by atoms with E-state index in [4.69, 9.17) is 4.74 Å². The molecule has 102 valence electrons. The first-order valence-corrected chi connectivity index (χ1v) is 7.49. The van der Waals surface area contributed by atoms with Crippen molar-refractivity contribution in [1.82, 2.24) is 4.90 Å². The molecule has 0 radical (unpaired) electrons. The van der Waals surface area contributed by atoms with Gasteiger partial charge in [0.15, 0.2) is 0 Å². The molecule has 1 fully saturated rings.